The lowest BCUT2D eigenvalue weighted by Crippen LogP contribution is -2.20. The molecule has 2 nitrogen and oxygen atoms in total. The number of halogens is 1. The Morgan fingerprint density at radius 1 is 1.31 bits per heavy atom. The predicted octanol–water partition coefficient (Wildman–Crippen LogP) is 3.04. The van der Waals surface area contributed by atoms with Crippen LogP contribution in [-0.4, -0.2) is 23.6 Å². The van der Waals surface area contributed by atoms with Crippen molar-refractivity contribution in [2.45, 2.75) is 32.3 Å². The molecule has 90 valence electrons. The molecule has 0 spiro atoms. The van der Waals surface area contributed by atoms with Gasteiger partial charge in [-0.05, 0) is 30.5 Å². The van der Waals surface area contributed by atoms with Gasteiger partial charge >= 0.3 is 0 Å². The second kappa shape index (κ2) is 7.53. The molecule has 1 rings (SSSR count). The highest BCUT2D eigenvalue weighted by Gasteiger charge is 2.01. The first kappa shape index (κ1) is 13.3. The Hall–Kier alpha value is -0.730. The maximum atomic E-state index is 9.30. The summed E-state index contributed by atoms with van der Waals surface area (Å²) in [4.78, 5) is 0. The summed E-state index contributed by atoms with van der Waals surface area (Å²) in [5, 5.41) is 12.4. The highest BCUT2D eigenvalue weighted by Crippen LogP contribution is 2.11. The van der Waals surface area contributed by atoms with Gasteiger partial charge in [-0.25, -0.2) is 0 Å². The van der Waals surface area contributed by atoms with E-state index in [4.69, 9.17) is 11.6 Å². The van der Waals surface area contributed by atoms with E-state index in [-0.39, 0.29) is 5.88 Å². The van der Waals surface area contributed by atoms with E-state index in [9.17, 15) is 5.11 Å². The number of hydrogen-bond acceptors (Lipinski definition) is 2. The van der Waals surface area contributed by atoms with E-state index in [1.807, 2.05) is 12.1 Å². The minimum atomic E-state index is -0.485. The van der Waals surface area contributed by atoms with E-state index < -0.39 is 6.10 Å². The van der Waals surface area contributed by atoms with E-state index in [0.717, 1.165) is 12.1 Å². The number of hydrogen-bond donors (Lipinski definition) is 2. The second-order valence-electron chi connectivity index (χ2n) is 3.99. The molecule has 0 saturated heterocycles. The number of aliphatic hydroxyl groups is 1. The Labute approximate surface area is 103 Å². The van der Waals surface area contributed by atoms with Gasteiger partial charge in [0, 0.05) is 12.2 Å². The van der Waals surface area contributed by atoms with E-state index >= 15 is 0 Å². The van der Waals surface area contributed by atoms with E-state index in [1.165, 1.54) is 18.4 Å². The summed E-state index contributed by atoms with van der Waals surface area (Å²) in [6.45, 7) is 2.70. The number of nitrogens with one attached hydrogen (secondary N) is 1. The summed E-state index contributed by atoms with van der Waals surface area (Å²) >= 11 is 5.51. The lowest BCUT2D eigenvalue weighted by Gasteiger charge is -2.10. The number of benzene rings is 1. The van der Waals surface area contributed by atoms with Crippen LogP contribution in [0.5, 0.6) is 0 Å². The van der Waals surface area contributed by atoms with Crippen molar-refractivity contribution < 1.29 is 5.11 Å². The molecular formula is C13H20ClNO. The smallest absolute Gasteiger partial charge is 0.0847 e. The van der Waals surface area contributed by atoms with Gasteiger partial charge in [0.25, 0.3) is 0 Å². The minimum Gasteiger partial charge on any atom is -0.390 e. The predicted molar refractivity (Wildman–Crippen MR) is 70.3 cm³/mol. The first-order valence-electron chi connectivity index (χ1n) is 5.83. The van der Waals surface area contributed by atoms with Crippen molar-refractivity contribution in [1.29, 1.82) is 0 Å². The van der Waals surface area contributed by atoms with Crippen molar-refractivity contribution in [3.63, 3.8) is 0 Å². The number of anilines is 1. The van der Waals surface area contributed by atoms with Crippen LogP contribution in [0.1, 0.15) is 25.3 Å². The van der Waals surface area contributed by atoms with E-state index in [0.29, 0.717) is 6.54 Å². The Balaban J connectivity index is 2.38. The van der Waals surface area contributed by atoms with Gasteiger partial charge in [0.05, 0.1) is 12.0 Å². The molecule has 0 aliphatic rings. The van der Waals surface area contributed by atoms with Gasteiger partial charge < -0.3 is 10.4 Å². The molecule has 0 fully saturated rings. The van der Waals surface area contributed by atoms with Gasteiger partial charge in [-0.2, -0.15) is 0 Å². The van der Waals surface area contributed by atoms with Crippen molar-refractivity contribution >= 4 is 17.3 Å². The third kappa shape index (κ3) is 4.86. The normalized spacial score (nSPS) is 12.4. The molecular weight excluding hydrogens is 222 g/mol. The molecule has 0 amide bonds. The van der Waals surface area contributed by atoms with Gasteiger partial charge in [-0.1, -0.05) is 25.5 Å². The zero-order valence-corrected chi connectivity index (χ0v) is 10.5. The maximum absolute atomic E-state index is 9.30. The van der Waals surface area contributed by atoms with Crippen LogP contribution in [0.15, 0.2) is 24.3 Å². The van der Waals surface area contributed by atoms with Crippen molar-refractivity contribution in [3.05, 3.63) is 29.8 Å². The molecule has 0 heterocycles. The molecule has 0 aromatic heterocycles. The molecule has 1 atom stereocenters. The van der Waals surface area contributed by atoms with Crippen LogP contribution >= 0.6 is 11.6 Å². The summed E-state index contributed by atoms with van der Waals surface area (Å²) in [6.07, 6.45) is 3.11. The monoisotopic (exact) mass is 241 g/mol. The van der Waals surface area contributed by atoms with Crippen LogP contribution in [-0.2, 0) is 6.42 Å². The van der Waals surface area contributed by atoms with Gasteiger partial charge in [0.2, 0.25) is 0 Å². The molecule has 2 N–H and O–H groups in total. The van der Waals surface area contributed by atoms with Crippen molar-refractivity contribution in [2.75, 3.05) is 17.7 Å². The number of rotatable bonds is 7. The van der Waals surface area contributed by atoms with Gasteiger partial charge in [-0.15, -0.1) is 11.6 Å². The first-order valence-corrected chi connectivity index (χ1v) is 6.36. The van der Waals surface area contributed by atoms with Gasteiger partial charge in [-0.3, -0.25) is 0 Å². The molecule has 0 aliphatic heterocycles. The van der Waals surface area contributed by atoms with Gasteiger partial charge in [0.15, 0.2) is 0 Å². The molecule has 0 bridgehead atoms. The van der Waals surface area contributed by atoms with E-state index in [2.05, 4.69) is 24.4 Å². The SMILES string of the molecule is CCCCc1ccc(NCC(O)CCl)cc1. The van der Waals surface area contributed by atoms with Crippen LogP contribution in [0.25, 0.3) is 0 Å². The van der Waals surface area contributed by atoms with Crippen LogP contribution in [0.2, 0.25) is 0 Å². The zero-order valence-electron chi connectivity index (χ0n) is 9.75. The minimum absolute atomic E-state index is 0.265. The summed E-state index contributed by atoms with van der Waals surface area (Å²) in [5.74, 6) is 0.265. The fraction of sp³-hybridized carbons (Fsp3) is 0.538. The number of alkyl halides is 1. The quantitative estimate of drug-likeness (QED) is 0.720. The molecule has 1 aromatic carbocycles. The van der Waals surface area contributed by atoms with Crippen molar-refractivity contribution in [1.82, 2.24) is 0 Å². The lowest BCUT2D eigenvalue weighted by molar-refractivity contribution is 0.211. The van der Waals surface area contributed by atoms with Crippen molar-refractivity contribution in [3.8, 4) is 0 Å². The molecule has 0 radical (unpaired) electrons. The molecule has 3 heteroatoms. The number of unbranched alkanes of at least 4 members (excludes halogenated alkanes) is 1. The number of aryl methyl sites for hydroxylation is 1. The highest BCUT2D eigenvalue weighted by atomic mass is 35.5. The summed E-state index contributed by atoms with van der Waals surface area (Å²) in [7, 11) is 0. The molecule has 16 heavy (non-hydrogen) atoms. The van der Waals surface area contributed by atoms with Crippen molar-refractivity contribution in [2.24, 2.45) is 0 Å². The van der Waals surface area contributed by atoms with E-state index in [1.54, 1.807) is 0 Å². The summed E-state index contributed by atoms with van der Waals surface area (Å²) < 4.78 is 0. The lowest BCUT2D eigenvalue weighted by atomic mass is 10.1. The highest BCUT2D eigenvalue weighted by molar-refractivity contribution is 6.18. The largest absolute Gasteiger partial charge is 0.390 e. The average Bonchev–Trinajstić information content (AvgIpc) is 2.34. The molecule has 0 aliphatic carbocycles. The summed E-state index contributed by atoms with van der Waals surface area (Å²) in [5.41, 5.74) is 2.40. The van der Waals surface area contributed by atoms with Gasteiger partial charge in [0.1, 0.15) is 0 Å². The fourth-order valence-electron chi connectivity index (χ4n) is 1.46. The van der Waals surface area contributed by atoms with Crippen LogP contribution < -0.4 is 5.32 Å². The third-order valence-electron chi connectivity index (χ3n) is 2.49. The average molecular weight is 242 g/mol. The third-order valence-corrected chi connectivity index (χ3v) is 2.85. The zero-order chi connectivity index (χ0) is 11.8. The Morgan fingerprint density at radius 2 is 2.00 bits per heavy atom. The fourth-order valence-corrected chi connectivity index (χ4v) is 1.57. The topological polar surface area (TPSA) is 32.3 Å². The molecule has 0 saturated carbocycles. The van der Waals surface area contributed by atoms with Crippen LogP contribution in [0.3, 0.4) is 0 Å². The standard InChI is InChI=1S/C13H20ClNO/c1-2-3-4-11-5-7-12(8-6-11)15-10-13(16)9-14/h5-8,13,15-16H,2-4,9-10H2,1H3. The first-order chi connectivity index (χ1) is 7.76. The maximum Gasteiger partial charge on any atom is 0.0847 e. The number of aliphatic hydroxyl groups excluding tert-OH is 1. The molecule has 1 aromatic rings. The Bertz CT molecular complexity index is 286. The van der Waals surface area contributed by atoms with Crippen LogP contribution in [0, 0.1) is 0 Å². The Morgan fingerprint density at radius 3 is 2.56 bits per heavy atom. The molecule has 1 unspecified atom stereocenters. The van der Waals surface area contributed by atoms with Crippen LogP contribution in [0.4, 0.5) is 5.69 Å². The summed E-state index contributed by atoms with van der Waals surface area (Å²) in [6, 6.07) is 8.36. The Kier molecular flexibility index (Phi) is 6.27. The second-order valence-corrected chi connectivity index (χ2v) is 4.30.